The Hall–Kier alpha value is -1.72. The number of aromatic nitrogens is 1. The highest BCUT2D eigenvalue weighted by Crippen LogP contribution is 2.28. The molecule has 1 aromatic heterocycles. The van der Waals surface area contributed by atoms with E-state index in [1.54, 1.807) is 0 Å². The molecular formula is C19H23N3OS. The van der Waals surface area contributed by atoms with Crippen LogP contribution in [0.5, 0.6) is 0 Å². The number of rotatable bonds is 3. The normalized spacial score (nSPS) is 18.0. The second kappa shape index (κ2) is 6.65. The van der Waals surface area contributed by atoms with E-state index < -0.39 is 0 Å². The van der Waals surface area contributed by atoms with E-state index in [4.69, 9.17) is 4.98 Å². The summed E-state index contributed by atoms with van der Waals surface area (Å²) in [6.07, 6.45) is 3.64. The van der Waals surface area contributed by atoms with Crippen LogP contribution < -0.4 is 0 Å². The number of piperazine rings is 1. The molecule has 2 heterocycles. The molecule has 0 N–H and O–H groups in total. The molecule has 1 fully saturated rings. The van der Waals surface area contributed by atoms with Crippen LogP contribution in [-0.4, -0.2) is 46.9 Å². The van der Waals surface area contributed by atoms with Gasteiger partial charge in [-0.25, -0.2) is 4.98 Å². The monoisotopic (exact) mass is 341 g/mol. The molecule has 1 aliphatic heterocycles. The van der Waals surface area contributed by atoms with Crippen LogP contribution in [0.2, 0.25) is 0 Å². The first-order valence-corrected chi connectivity index (χ1v) is 9.56. The molecular weight excluding hydrogens is 318 g/mol. The van der Waals surface area contributed by atoms with Crippen molar-refractivity contribution in [3.05, 3.63) is 51.0 Å². The van der Waals surface area contributed by atoms with Crippen molar-refractivity contribution in [2.24, 2.45) is 0 Å². The van der Waals surface area contributed by atoms with Crippen molar-refractivity contribution in [2.75, 3.05) is 26.2 Å². The number of thiazole rings is 1. The highest BCUT2D eigenvalue weighted by molar-refractivity contribution is 7.11. The molecule has 4 nitrogen and oxygen atoms in total. The van der Waals surface area contributed by atoms with Gasteiger partial charge in [-0.2, -0.15) is 0 Å². The van der Waals surface area contributed by atoms with Crippen LogP contribution in [0, 0.1) is 6.92 Å². The van der Waals surface area contributed by atoms with Crippen LogP contribution in [0.15, 0.2) is 24.3 Å². The number of aryl methyl sites for hydroxylation is 3. The van der Waals surface area contributed by atoms with E-state index in [0.29, 0.717) is 0 Å². The zero-order chi connectivity index (χ0) is 16.5. The van der Waals surface area contributed by atoms with E-state index in [1.807, 2.05) is 47.4 Å². The zero-order valence-electron chi connectivity index (χ0n) is 14.1. The van der Waals surface area contributed by atoms with Crippen LogP contribution >= 0.6 is 11.3 Å². The number of hydrogen-bond acceptors (Lipinski definition) is 4. The van der Waals surface area contributed by atoms with Crippen molar-refractivity contribution >= 4 is 17.2 Å². The fraction of sp³-hybridized carbons (Fsp3) is 0.474. The van der Waals surface area contributed by atoms with E-state index >= 15 is 0 Å². The predicted molar refractivity (Wildman–Crippen MR) is 96.5 cm³/mol. The molecule has 1 amide bonds. The fourth-order valence-corrected chi connectivity index (χ4v) is 4.69. The second-order valence-electron chi connectivity index (χ2n) is 6.77. The maximum atomic E-state index is 12.6. The SMILES string of the molecule is Cc1ccc(C(=O)N2CCN(Cc3nc4c(s3)CCC4)CC2)cc1. The number of benzene rings is 1. The van der Waals surface area contributed by atoms with Gasteiger partial charge in [-0.1, -0.05) is 17.7 Å². The fourth-order valence-electron chi connectivity index (χ4n) is 3.49. The molecule has 1 saturated heterocycles. The van der Waals surface area contributed by atoms with Gasteiger partial charge in [0.15, 0.2) is 0 Å². The van der Waals surface area contributed by atoms with Crippen LogP contribution in [0.3, 0.4) is 0 Å². The Morgan fingerprint density at radius 1 is 1.12 bits per heavy atom. The number of carbonyl (C=O) groups excluding carboxylic acids is 1. The molecule has 0 unspecified atom stereocenters. The summed E-state index contributed by atoms with van der Waals surface area (Å²) in [6.45, 7) is 6.45. The third-order valence-corrected chi connectivity index (χ3v) is 6.10. The molecule has 126 valence electrons. The van der Waals surface area contributed by atoms with Gasteiger partial charge < -0.3 is 4.90 Å². The minimum absolute atomic E-state index is 0.155. The van der Waals surface area contributed by atoms with Crippen molar-refractivity contribution in [2.45, 2.75) is 32.7 Å². The smallest absolute Gasteiger partial charge is 0.253 e. The molecule has 0 bridgehead atoms. The summed E-state index contributed by atoms with van der Waals surface area (Å²) >= 11 is 1.89. The molecule has 5 heteroatoms. The summed E-state index contributed by atoms with van der Waals surface area (Å²) in [6, 6.07) is 7.87. The maximum Gasteiger partial charge on any atom is 0.253 e. The summed E-state index contributed by atoms with van der Waals surface area (Å²) in [5.74, 6) is 0.155. The lowest BCUT2D eigenvalue weighted by atomic mass is 10.1. The van der Waals surface area contributed by atoms with Gasteiger partial charge in [0.05, 0.1) is 12.2 Å². The Balaban J connectivity index is 1.32. The van der Waals surface area contributed by atoms with Crippen molar-refractivity contribution in [1.29, 1.82) is 0 Å². The Labute approximate surface area is 147 Å². The van der Waals surface area contributed by atoms with E-state index in [9.17, 15) is 4.79 Å². The number of fused-ring (bicyclic) bond motifs is 1. The first-order valence-electron chi connectivity index (χ1n) is 8.75. The molecule has 2 aliphatic rings. The minimum Gasteiger partial charge on any atom is -0.336 e. The summed E-state index contributed by atoms with van der Waals surface area (Å²) in [7, 11) is 0. The second-order valence-corrected chi connectivity index (χ2v) is 7.93. The number of amides is 1. The predicted octanol–water partition coefficient (Wildman–Crippen LogP) is 2.90. The molecule has 0 spiro atoms. The Morgan fingerprint density at radius 2 is 1.88 bits per heavy atom. The molecule has 24 heavy (non-hydrogen) atoms. The Kier molecular flexibility index (Phi) is 4.37. The van der Waals surface area contributed by atoms with Crippen molar-refractivity contribution in [3.63, 3.8) is 0 Å². The molecule has 0 atom stereocenters. The standard InChI is InChI=1S/C19H23N3OS/c1-14-5-7-15(8-6-14)19(23)22-11-9-21(10-12-22)13-18-20-16-3-2-4-17(16)24-18/h5-8H,2-4,9-13H2,1H3. The molecule has 0 radical (unpaired) electrons. The van der Waals surface area contributed by atoms with Gasteiger partial charge in [-0.3, -0.25) is 9.69 Å². The van der Waals surface area contributed by atoms with E-state index in [1.165, 1.54) is 34.0 Å². The Bertz CT molecular complexity index is 708. The number of hydrogen-bond donors (Lipinski definition) is 0. The molecule has 1 aliphatic carbocycles. The summed E-state index contributed by atoms with van der Waals surface area (Å²) in [4.78, 5) is 23.3. The highest BCUT2D eigenvalue weighted by atomic mass is 32.1. The largest absolute Gasteiger partial charge is 0.336 e. The van der Waals surface area contributed by atoms with Crippen LogP contribution in [0.25, 0.3) is 0 Å². The first kappa shape index (κ1) is 15.8. The first-order chi connectivity index (χ1) is 11.7. The third kappa shape index (κ3) is 3.23. The van der Waals surface area contributed by atoms with Crippen molar-refractivity contribution in [3.8, 4) is 0 Å². The number of nitrogens with zero attached hydrogens (tertiary/aromatic N) is 3. The Morgan fingerprint density at radius 3 is 2.58 bits per heavy atom. The quantitative estimate of drug-likeness (QED) is 0.861. The van der Waals surface area contributed by atoms with Gasteiger partial charge in [-0.15, -0.1) is 11.3 Å². The van der Waals surface area contributed by atoms with Crippen LogP contribution in [-0.2, 0) is 19.4 Å². The number of carbonyl (C=O) groups is 1. The lowest BCUT2D eigenvalue weighted by molar-refractivity contribution is 0.0628. The van der Waals surface area contributed by atoms with Crippen LogP contribution in [0.1, 0.15) is 37.9 Å². The summed E-state index contributed by atoms with van der Waals surface area (Å²) in [5, 5.41) is 1.25. The third-order valence-electron chi connectivity index (χ3n) is 4.96. The van der Waals surface area contributed by atoms with E-state index in [-0.39, 0.29) is 5.91 Å². The van der Waals surface area contributed by atoms with E-state index in [0.717, 1.165) is 44.7 Å². The van der Waals surface area contributed by atoms with Crippen molar-refractivity contribution < 1.29 is 4.79 Å². The van der Waals surface area contributed by atoms with Crippen LogP contribution in [0.4, 0.5) is 0 Å². The van der Waals surface area contributed by atoms with Gasteiger partial charge in [0, 0.05) is 36.6 Å². The average molecular weight is 341 g/mol. The van der Waals surface area contributed by atoms with Gasteiger partial charge >= 0.3 is 0 Å². The lowest BCUT2D eigenvalue weighted by Gasteiger charge is -2.34. The molecule has 0 saturated carbocycles. The average Bonchev–Trinajstić information content (AvgIpc) is 3.17. The van der Waals surface area contributed by atoms with Gasteiger partial charge in [0.25, 0.3) is 5.91 Å². The highest BCUT2D eigenvalue weighted by Gasteiger charge is 2.24. The molecule has 1 aromatic carbocycles. The van der Waals surface area contributed by atoms with E-state index in [2.05, 4.69) is 4.90 Å². The molecule has 4 rings (SSSR count). The zero-order valence-corrected chi connectivity index (χ0v) is 14.9. The topological polar surface area (TPSA) is 36.4 Å². The van der Waals surface area contributed by atoms with Gasteiger partial charge in [0.1, 0.15) is 5.01 Å². The van der Waals surface area contributed by atoms with Gasteiger partial charge in [-0.05, 0) is 38.3 Å². The summed E-state index contributed by atoms with van der Waals surface area (Å²) < 4.78 is 0. The summed E-state index contributed by atoms with van der Waals surface area (Å²) in [5.41, 5.74) is 3.32. The lowest BCUT2D eigenvalue weighted by Crippen LogP contribution is -2.48. The molecule has 2 aromatic rings. The minimum atomic E-state index is 0.155. The van der Waals surface area contributed by atoms with Crippen molar-refractivity contribution in [1.82, 2.24) is 14.8 Å². The van der Waals surface area contributed by atoms with Gasteiger partial charge in [0.2, 0.25) is 0 Å². The maximum absolute atomic E-state index is 12.6.